The minimum absolute atomic E-state index is 0.00103. The number of ether oxygens (including phenoxy) is 1. The van der Waals surface area contributed by atoms with Crippen molar-refractivity contribution >= 4 is 0 Å². The molecule has 3 aromatic rings. The van der Waals surface area contributed by atoms with Crippen LogP contribution in [0.15, 0.2) is 60.8 Å². The molecule has 0 unspecified atom stereocenters. The lowest BCUT2D eigenvalue weighted by Gasteiger charge is -2.06. The first kappa shape index (κ1) is 13.4. The van der Waals surface area contributed by atoms with Gasteiger partial charge in [-0.2, -0.15) is 5.10 Å². The Morgan fingerprint density at radius 2 is 1.67 bits per heavy atom. The van der Waals surface area contributed by atoms with E-state index in [1.54, 1.807) is 4.68 Å². The van der Waals surface area contributed by atoms with E-state index in [2.05, 4.69) is 5.10 Å². The molecule has 0 aliphatic heterocycles. The van der Waals surface area contributed by atoms with E-state index < -0.39 is 0 Å². The summed E-state index contributed by atoms with van der Waals surface area (Å²) in [6, 6.07) is 17.3. The first-order valence-corrected chi connectivity index (χ1v) is 6.75. The smallest absolute Gasteiger partial charge is 0.127 e. The van der Waals surface area contributed by atoms with Gasteiger partial charge in [0.2, 0.25) is 0 Å². The summed E-state index contributed by atoms with van der Waals surface area (Å²) in [5, 5.41) is 13.6. The molecule has 0 radical (unpaired) electrons. The highest BCUT2D eigenvalue weighted by Crippen LogP contribution is 2.22. The molecule has 0 bridgehead atoms. The molecule has 0 aliphatic carbocycles. The highest BCUT2D eigenvalue weighted by molar-refractivity contribution is 5.39. The Kier molecular flexibility index (Phi) is 3.71. The largest absolute Gasteiger partial charge is 0.457 e. The summed E-state index contributed by atoms with van der Waals surface area (Å²) < 4.78 is 7.51. The zero-order chi connectivity index (χ0) is 14.7. The molecule has 1 aromatic heterocycles. The zero-order valence-corrected chi connectivity index (χ0v) is 11.7. The second-order valence-electron chi connectivity index (χ2n) is 4.75. The fraction of sp³-hybridized carbons (Fsp3) is 0.118. The number of hydrogen-bond acceptors (Lipinski definition) is 3. The van der Waals surface area contributed by atoms with Crippen LogP contribution in [0.2, 0.25) is 0 Å². The minimum Gasteiger partial charge on any atom is -0.457 e. The van der Waals surface area contributed by atoms with E-state index in [1.165, 1.54) is 0 Å². The summed E-state index contributed by atoms with van der Waals surface area (Å²) in [7, 11) is 0. The molecule has 0 atom stereocenters. The van der Waals surface area contributed by atoms with E-state index in [1.807, 2.05) is 67.7 Å². The second-order valence-corrected chi connectivity index (χ2v) is 4.75. The van der Waals surface area contributed by atoms with Crippen LogP contribution in [0.1, 0.15) is 11.3 Å². The zero-order valence-electron chi connectivity index (χ0n) is 11.7. The molecule has 106 valence electrons. The predicted octanol–water partition coefficient (Wildman–Crippen LogP) is 3.47. The molecular weight excluding hydrogens is 264 g/mol. The Morgan fingerprint density at radius 3 is 2.29 bits per heavy atom. The molecule has 0 spiro atoms. The van der Waals surface area contributed by atoms with Crippen molar-refractivity contribution in [2.75, 3.05) is 0 Å². The van der Waals surface area contributed by atoms with Gasteiger partial charge in [0.1, 0.15) is 11.5 Å². The molecule has 1 heterocycles. The van der Waals surface area contributed by atoms with Crippen LogP contribution in [0, 0.1) is 6.92 Å². The number of aliphatic hydroxyl groups excluding tert-OH is 1. The summed E-state index contributed by atoms with van der Waals surface area (Å²) >= 11 is 0. The van der Waals surface area contributed by atoms with Crippen molar-refractivity contribution in [1.29, 1.82) is 0 Å². The van der Waals surface area contributed by atoms with Gasteiger partial charge >= 0.3 is 0 Å². The van der Waals surface area contributed by atoms with Crippen LogP contribution in [0.5, 0.6) is 11.5 Å². The Labute approximate surface area is 123 Å². The van der Waals surface area contributed by atoms with Crippen LogP contribution in [0.25, 0.3) is 5.69 Å². The third-order valence-corrected chi connectivity index (χ3v) is 3.25. The topological polar surface area (TPSA) is 47.3 Å². The van der Waals surface area contributed by atoms with Crippen molar-refractivity contribution in [3.63, 3.8) is 0 Å². The van der Waals surface area contributed by atoms with E-state index >= 15 is 0 Å². The monoisotopic (exact) mass is 280 g/mol. The van der Waals surface area contributed by atoms with Gasteiger partial charge in [-0.25, -0.2) is 4.68 Å². The summed E-state index contributed by atoms with van der Waals surface area (Å²) in [6.07, 6.45) is 1.84. The van der Waals surface area contributed by atoms with Crippen LogP contribution in [0.4, 0.5) is 0 Å². The number of para-hydroxylation sites is 1. The molecular formula is C17H16N2O2. The summed E-state index contributed by atoms with van der Waals surface area (Å²) in [5.74, 6) is 1.58. The fourth-order valence-electron chi connectivity index (χ4n) is 2.07. The first-order chi connectivity index (χ1) is 10.3. The molecule has 0 saturated heterocycles. The van der Waals surface area contributed by atoms with Gasteiger partial charge in [0.25, 0.3) is 0 Å². The second kappa shape index (κ2) is 5.81. The quantitative estimate of drug-likeness (QED) is 0.796. The number of hydrogen-bond donors (Lipinski definition) is 1. The van der Waals surface area contributed by atoms with E-state index in [9.17, 15) is 5.11 Å². The van der Waals surface area contributed by atoms with E-state index in [0.717, 1.165) is 28.4 Å². The van der Waals surface area contributed by atoms with Crippen LogP contribution < -0.4 is 4.74 Å². The van der Waals surface area contributed by atoms with Crippen molar-refractivity contribution in [3.8, 4) is 17.2 Å². The normalized spacial score (nSPS) is 10.6. The maximum atomic E-state index is 9.21. The predicted molar refractivity (Wildman–Crippen MR) is 80.7 cm³/mol. The van der Waals surface area contributed by atoms with Gasteiger partial charge < -0.3 is 9.84 Å². The van der Waals surface area contributed by atoms with Gasteiger partial charge in [-0.1, -0.05) is 18.2 Å². The number of aryl methyl sites for hydroxylation is 1. The average Bonchev–Trinajstić information content (AvgIpc) is 2.90. The average molecular weight is 280 g/mol. The highest BCUT2D eigenvalue weighted by atomic mass is 16.5. The van der Waals surface area contributed by atoms with Gasteiger partial charge in [0.15, 0.2) is 0 Å². The van der Waals surface area contributed by atoms with Crippen LogP contribution in [0.3, 0.4) is 0 Å². The maximum absolute atomic E-state index is 9.21. The Balaban J connectivity index is 1.80. The number of aliphatic hydroxyl groups is 1. The fourth-order valence-corrected chi connectivity index (χ4v) is 2.07. The lowest BCUT2D eigenvalue weighted by atomic mass is 10.3. The van der Waals surface area contributed by atoms with Gasteiger partial charge in [-0.3, -0.25) is 0 Å². The Morgan fingerprint density at radius 1 is 1.00 bits per heavy atom. The minimum atomic E-state index is 0.00103. The number of nitrogens with zero attached hydrogens (tertiary/aromatic N) is 2. The Hall–Kier alpha value is -2.59. The molecule has 0 aliphatic rings. The van der Waals surface area contributed by atoms with Gasteiger partial charge in [0.05, 0.1) is 18.0 Å². The van der Waals surface area contributed by atoms with Crippen molar-refractivity contribution in [2.24, 2.45) is 0 Å². The van der Waals surface area contributed by atoms with Gasteiger partial charge in [-0.15, -0.1) is 0 Å². The first-order valence-electron chi connectivity index (χ1n) is 6.75. The number of benzene rings is 2. The molecule has 21 heavy (non-hydrogen) atoms. The lowest BCUT2D eigenvalue weighted by molar-refractivity contribution is 0.281. The van der Waals surface area contributed by atoms with E-state index in [4.69, 9.17) is 4.74 Å². The third kappa shape index (κ3) is 2.95. The maximum Gasteiger partial charge on any atom is 0.127 e. The van der Waals surface area contributed by atoms with Gasteiger partial charge in [0, 0.05) is 11.8 Å². The van der Waals surface area contributed by atoms with Crippen molar-refractivity contribution in [1.82, 2.24) is 9.78 Å². The van der Waals surface area contributed by atoms with Crippen molar-refractivity contribution in [3.05, 3.63) is 72.1 Å². The molecule has 4 nitrogen and oxygen atoms in total. The molecule has 4 heteroatoms. The lowest BCUT2D eigenvalue weighted by Crippen LogP contribution is -1.94. The summed E-state index contributed by atoms with van der Waals surface area (Å²) in [6.45, 7) is 1.88. The molecule has 2 aromatic carbocycles. The van der Waals surface area contributed by atoms with Crippen LogP contribution >= 0.6 is 0 Å². The number of rotatable bonds is 4. The Bertz CT molecular complexity index is 718. The summed E-state index contributed by atoms with van der Waals surface area (Å²) in [4.78, 5) is 0. The molecule has 0 amide bonds. The van der Waals surface area contributed by atoms with Gasteiger partial charge in [-0.05, 0) is 43.3 Å². The summed E-state index contributed by atoms with van der Waals surface area (Å²) in [5.41, 5.74) is 2.60. The van der Waals surface area contributed by atoms with Crippen LogP contribution in [-0.4, -0.2) is 14.9 Å². The number of aromatic nitrogens is 2. The highest BCUT2D eigenvalue weighted by Gasteiger charge is 2.05. The molecule has 3 rings (SSSR count). The van der Waals surface area contributed by atoms with E-state index in [0.29, 0.717) is 0 Å². The molecule has 0 fully saturated rings. The SMILES string of the molecule is Cc1nn(-c2ccc(Oc3ccccc3)cc2)cc1CO. The molecule has 1 N–H and O–H groups in total. The third-order valence-electron chi connectivity index (χ3n) is 3.25. The van der Waals surface area contributed by atoms with Crippen molar-refractivity contribution in [2.45, 2.75) is 13.5 Å². The van der Waals surface area contributed by atoms with E-state index in [-0.39, 0.29) is 6.61 Å². The van der Waals surface area contributed by atoms with Crippen LogP contribution in [-0.2, 0) is 6.61 Å². The standard InChI is InChI=1S/C17H16N2O2/c1-13-14(12-20)11-19(18-13)15-7-9-17(10-8-15)21-16-5-3-2-4-6-16/h2-11,20H,12H2,1H3. The van der Waals surface area contributed by atoms with Crippen molar-refractivity contribution < 1.29 is 9.84 Å². The molecule has 0 saturated carbocycles.